The van der Waals surface area contributed by atoms with Gasteiger partial charge < -0.3 is 15.4 Å². The number of benzene rings is 1. The highest BCUT2D eigenvalue weighted by Gasteiger charge is 2.10. The van der Waals surface area contributed by atoms with Crippen LogP contribution in [0.4, 0.5) is 4.39 Å². The highest BCUT2D eigenvalue weighted by molar-refractivity contribution is 5.77. The van der Waals surface area contributed by atoms with E-state index in [0.717, 1.165) is 0 Å². The average molecular weight is 240 g/mol. The molecule has 0 fully saturated rings. The number of amides is 1. The molecule has 2 N–H and O–H groups in total. The Balaban J connectivity index is 2.70. The van der Waals surface area contributed by atoms with Crippen LogP contribution in [0.1, 0.15) is 18.5 Å². The molecule has 0 spiro atoms. The van der Waals surface area contributed by atoms with Crippen molar-refractivity contribution in [1.29, 1.82) is 0 Å². The summed E-state index contributed by atoms with van der Waals surface area (Å²) in [5.74, 6) is -0.670. The lowest BCUT2D eigenvalue weighted by Gasteiger charge is -2.13. The molecule has 0 heterocycles. The van der Waals surface area contributed by atoms with Crippen LogP contribution < -0.4 is 10.5 Å². The summed E-state index contributed by atoms with van der Waals surface area (Å²) < 4.78 is 18.6. The Morgan fingerprint density at radius 3 is 2.65 bits per heavy atom. The molecule has 5 heteroatoms. The van der Waals surface area contributed by atoms with Crippen LogP contribution in [-0.4, -0.2) is 31.5 Å². The van der Waals surface area contributed by atoms with Crippen molar-refractivity contribution in [1.82, 2.24) is 4.90 Å². The minimum atomic E-state index is -0.508. The zero-order valence-corrected chi connectivity index (χ0v) is 10.2. The molecule has 4 nitrogen and oxygen atoms in total. The first-order valence-electron chi connectivity index (χ1n) is 5.29. The second kappa shape index (κ2) is 5.63. The first-order chi connectivity index (χ1) is 7.91. The van der Waals surface area contributed by atoms with E-state index < -0.39 is 5.82 Å². The van der Waals surface area contributed by atoms with E-state index in [4.69, 9.17) is 10.5 Å². The molecule has 94 valence electrons. The summed E-state index contributed by atoms with van der Waals surface area (Å²) in [7, 11) is 3.22. The fourth-order valence-corrected chi connectivity index (χ4v) is 1.19. The Morgan fingerprint density at radius 1 is 1.53 bits per heavy atom. The maximum Gasteiger partial charge on any atom is 0.259 e. The van der Waals surface area contributed by atoms with E-state index in [0.29, 0.717) is 5.56 Å². The molecule has 0 aromatic heterocycles. The molecule has 1 rings (SSSR count). The largest absolute Gasteiger partial charge is 0.481 e. The first kappa shape index (κ1) is 13.4. The smallest absolute Gasteiger partial charge is 0.259 e. The van der Waals surface area contributed by atoms with Crippen molar-refractivity contribution in [2.45, 2.75) is 13.0 Å². The Bertz CT molecular complexity index is 405. The van der Waals surface area contributed by atoms with E-state index in [2.05, 4.69) is 0 Å². The molecule has 0 bridgehead atoms. The van der Waals surface area contributed by atoms with Gasteiger partial charge in [0, 0.05) is 20.1 Å². The Hall–Kier alpha value is -1.62. The number of hydrogen-bond donors (Lipinski definition) is 1. The van der Waals surface area contributed by atoms with Crippen LogP contribution in [0.3, 0.4) is 0 Å². The van der Waals surface area contributed by atoms with E-state index in [9.17, 15) is 9.18 Å². The van der Waals surface area contributed by atoms with Crippen LogP contribution >= 0.6 is 0 Å². The zero-order chi connectivity index (χ0) is 13.0. The fourth-order valence-electron chi connectivity index (χ4n) is 1.19. The molecular weight excluding hydrogens is 223 g/mol. The Morgan fingerprint density at radius 2 is 2.18 bits per heavy atom. The van der Waals surface area contributed by atoms with Gasteiger partial charge in [-0.1, -0.05) is 6.07 Å². The van der Waals surface area contributed by atoms with E-state index >= 15 is 0 Å². The Kier molecular flexibility index (Phi) is 4.45. The van der Waals surface area contributed by atoms with Crippen LogP contribution in [0.15, 0.2) is 18.2 Å². The molecule has 0 saturated carbocycles. The van der Waals surface area contributed by atoms with Crippen LogP contribution in [0.5, 0.6) is 5.75 Å². The number of hydrogen-bond acceptors (Lipinski definition) is 3. The van der Waals surface area contributed by atoms with Crippen molar-refractivity contribution in [3.05, 3.63) is 29.6 Å². The SMILES string of the molecule is CC(N)c1ccc(OCC(=O)N(C)C)c(F)c1. The van der Waals surface area contributed by atoms with Crippen molar-refractivity contribution in [3.63, 3.8) is 0 Å². The zero-order valence-electron chi connectivity index (χ0n) is 10.2. The van der Waals surface area contributed by atoms with Crippen molar-refractivity contribution in [2.75, 3.05) is 20.7 Å². The summed E-state index contributed by atoms with van der Waals surface area (Å²) in [6, 6.07) is 4.25. The van der Waals surface area contributed by atoms with Gasteiger partial charge in [0.05, 0.1) is 0 Å². The van der Waals surface area contributed by atoms with Gasteiger partial charge in [0.2, 0.25) is 0 Å². The minimum absolute atomic E-state index is 0.0598. The molecule has 0 aliphatic heterocycles. The summed E-state index contributed by atoms with van der Waals surface area (Å²) in [6.45, 7) is 1.59. The number of nitrogens with two attached hydrogens (primary N) is 1. The molecule has 1 aromatic carbocycles. The topological polar surface area (TPSA) is 55.6 Å². The van der Waals surface area contributed by atoms with Gasteiger partial charge in [-0.15, -0.1) is 0 Å². The summed E-state index contributed by atoms with van der Waals surface area (Å²) >= 11 is 0. The lowest BCUT2D eigenvalue weighted by molar-refractivity contribution is -0.130. The Labute approximate surface area is 100 Å². The van der Waals surface area contributed by atoms with Crippen molar-refractivity contribution >= 4 is 5.91 Å². The standard InChI is InChI=1S/C12H17FN2O2/c1-8(14)9-4-5-11(10(13)6-9)17-7-12(16)15(2)3/h4-6,8H,7,14H2,1-3H3. The quantitative estimate of drug-likeness (QED) is 0.863. The van der Waals surface area contributed by atoms with Gasteiger partial charge in [-0.25, -0.2) is 4.39 Å². The monoisotopic (exact) mass is 240 g/mol. The van der Waals surface area contributed by atoms with Crippen LogP contribution in [-0.2, 0) is 4.79 Å². The molecule has 1 aromatic rings. The van der Waals surface area contributed by atoms with Gasteiger partial charge in [-0.2, -0.15) is 0 Å². The summed E-state index contributed by atoms with van der Waals surface area (Å²) in [5, 5.41) is 0. The average Bonchev–Trinajstić information content (AvgIpc) is 2.26. The van der Waals surface area contributed by atoms with Crippen LogP contribution in [0, 0.1) is 5.82 Å². The predicted molar refractivity (Wildman–Crippen MR) is 63.2 cm³/mol. The molecule has 17 heavy (non-hydrogen) atoms. The minimum Gasteiger partial charge on any atom is -0.481 e. The third-order valence-electron chi connectivity index (χ3n) is 2.33. The van der Waals surface area contributed by atoms with Crippen molar-refractivity contribution in [3.8, 4) is 5.75 Å². The van der Waals surface area contributed by atoms with Crippen LogP contribution in [0.25, 0.3) is 0 Å². The molecule has 1 atom stereocenters. The van der Waals surface area contributed by atoms with E-state index in [-0.39, 0.29) is 24.3 Å². The second-order valence-corrected chi connectivity index (χ2v) is 4.06. The first-order valence-corrected chi connectivity index (χ1v) is 5.29. The summed E-state index contributed by atoms with van der Waals surface area (Å²) in [6.07, 6.45) is 0. The van der Waals surface area contributed by atoms with Crippen molar-refractivity contribution < 1.29 is 13.9 Å². The van der Waals surface area contributed by atoms with E-state index in [1.54, 1.807) is 27.1 Å². The molecule has 0 aliphatic carbocycles. The molecule has 0 aliphatic rings. The molecule has 1 amide bonds. The lowest BCUT2D eigenvalue weighted by atomic mass is 10.1. The third-order valence-corrected chi connectivity index (χ3v) is 2.33. The number of halogens is 1. The van der Waals surface area contributed by atoms with Gasteiger partial charge in [0.15, 0.2) is 18.2 Å². The van der Waals surface area contributed by atoms with Gasteiger partial charge in [-0.05, 0) is 24.6 Å². The van der Waals surface area contributed by atoms with Crippen molar-refractivity contribution in [2.24, 2.45) is 5.73 Å². The lowest BCUT2D eigenvalue weighted by Crippen LogP contribution is -2.27. The van der Waals surface area contributed by atoms with Crippen LogP contribution in [0.2, 0.25) is 0 Å². The number of ether oxygens (including phenoxy) is 1. The predicted octanol–water partition coefficient (Wildman–Crippen LogP) is 1.31. The molecular formula is C12H17FN2O2. The summed E-state index contributed by atoms with van der Waals surface area (Å²) in [5.41, 5.74) is 6.32. The maximum atomic E-state index is 13.6. The molecule has 0 radical (unpaired) electrons. The number of carbonyl (C=O) groups is 1. The number of nitrogens with zero attached hydrogens (tertiary/aromatic N) is 1. The van der Waals surface area contributed by atoms with Gasteiger partial charge in [-0.3, -0.25) is 4.79 Å². The second-order valence-electron chi connectivity index (χ2n) is 4.06. The number of likely N-dealkylation sites (N-methyl/N-ethyl adjacent to an activating group) is 1. The fraction of sp³-hybridized carbons (Fsp3) is 0.417. The molecule has 1 unspecified atom stereocenters. The van der Waals surface area contributed by atoms with Gasteiger partial charge in [0.1, 0.15) is 0 Å². The normalized spacial score (nSPS) is 12.1. The molecule has 0 saturated heterocycles. The van der Waals surface area contributed by atoms with E-state index in [1.807, 2.05) is 0 Å². The highest BCUT2D eigenvalue weighted by Crippen LogP contribution is 2.21. The maximum absolute atomic E-state index is 13.6. The van der Waals surface area contributed by atoms with Gasteiger partial charge >= 0.3 is 0 Å². The third kappa shape index (κ3) is 3.71. The number of carbonyl (C=O) groups excluding carboxylic acids is 1. The summed E-state index contributed by atoms with van der Waals surface area (Å²) in [4.78, 5) is 12.6. The van der Waals surface area contributed by atoms with Gasteiger partial charge in [0.25, 0.3) is 5.91 Å². The number of rotatable bonds is 4. The van der Waals surface area contributed by atoms with E-state index in [1.165, 1.54) is 17.0 Å². The highest BCUT2D eigenvalue weighted by atomic mass is 19.1.